The van der Waals surface area contributed by atoms with Crippen LogP contribution in [0, 0.1) is 0 Å². The second kappa shape index (κ2) is 4.58. The predicted octanol–water partition coefficient (Wildman–Crippen LogP) is 3.32. The van der Waals surface area contributed by atoms with Crippen LogP contribution in [0.4, 0.5) is 4.79 Å². The summed E-state index contributed by atoms with van der Waals surface area (Å²) in [6.07, 6.45) is 0. The van der Waals surface area contributed by atoms with E-state index in [1.807, 2.05) is 24.3 Å². The average Bonchev–Trinajstić information content (AvgIpc) is 2.29. The van der Waals surface area contributed by atoms with Crippen LogP contribution in [0.15, 0.2) is 42.5 Å². The maximum Gasteiger partial charge on any atom is 0.278 e. The Morgan fingerprint density at radius 1 is 1.19 bits per heavy atom. The van der Waals surface area contributed by atoms with Crippen LogP contribution in [-0.4, -0.2) is 17.2 Å². The maximum atomic E-state index is 11.1. The molecule has 0 aliphatic heterocycles. The molecule has 2 aromatic rings. The molecule has 2 nitrogen and oxygen atoms in total. The molecule has 82 valence electrons. The lowest BCUT2D eigenvalue weighted by Crippen LogP contribution is -2.20. The Kier molecular flexibility index (Phi) is 3.15. The van der Waals surface area contributed by atoms with Crippen molar-refractivity contribution in [1.29, 1.82) is 0 Å². The summed E-state index contributed by atoms with van der Waals surface area (Å²) in [4.78, 5) is 12.7. The van der Waals surface area contributed by atoms with Crippen molar-refractivity contribution in [2.75, 3.05) is 7.05 Å². The number of rotatable bonds is 2. The van der Waals surface area contributed by atoms with E-state index in [2.05, 4.69) is 30.8 Å². The zero-order valence-electron chi connectivity index (χ0n) is 9.05. The van der Waals surface area contributed by atoms with Gasteiger partial charge in [-0.15, -0.1) is 0 Å². The average molecular weight is 231 g/mol. The molecule has 2 rings (SSSR count). The van der Waals surface area contributed by atoms with Crippen molar-refractivity contribution < 1.29 is 4.79 Å². The van der Waals surface area contributed by atoms with Crippen LogP contribution in [0.25, 0.3) is 10.8 Å². The minimum absolute atomic E-state index is 0.215. The van der Waals surface area contributed by atoms with Crippen molar-refractivity contribution in [2.45, 2.75) is 6.54 Å². The van der Waals surface area contributed by atoms with E-state index in [0.29, 0.717) is 6.54 Å². The quantitative estimate of drug-likeness (QED) is 0.786. The van der Waals surface area contributed by atoms with Gasteiger partial charge in [-0.1, -0.05) is 55.1 Å². The Morgan fingerprint density at radius 3 is 2.62 bits per heavy atom. The Hall–Kier alpha value is -1.48. The summed E-state index contributed by atoms with van der Waals surface area (Å²) in [6.45, 7) is 0.587. The van der Waals surface area contributed by atoms with E-state index in [1.165, 1.54) is 10.8 Å². The van der Waals surface area contributed by atoms with E-state index in [9.17, 15) is 4.79 Å². The zero-order valence-corrected chi connectivity index (χ0v) is 9.95. The van der Waals surface area contributed by atoms with Gasteiger partial charge in [-0.2, -0.15) is 0 Å². The van der Waals surface area contributed by atoms with Gasteiger partial charge in [0.15, 0.2) is 0 Å². The van der Waals surface area contributed by atoms with Gasteiger partial charge in [0, 0.05) is 13.6 Å². The molecule has 0 atom stereocenters. The van der Waals surface area contributed by atoms with Gasteiger partial charge in [0.2, 0.25) is 0 Å². The van der Waals surface area contributed by atoms with Crippen molar-refractivity contribution in [1.82, 2.24) is 4.90 Å². The number of hydrogen-bond acceptors (Lipinski definition) is 1. The highest BCUT2D eigenvalue weighted by molar-refractivity contribution is 7.96. The molecule has 0 heterocycles. The number of amides is 1. The Balaban J connectivity index is 2.41. The highest BCUT2D eigenvalue weighted by Crippen LogP contribution is 2.19. The Labute approximate surface area is 100 Å². The van der Waals surface area contributed by atoms with Gasteiger partial charge in [0.05, 0.1) is 0 Å². The summed E-state index contributed by atoms with van der Waals surface area (Å²) in [5, 5.41) is 2.17. The molecule has 0 bridgehead atoms. The molecule has 0 N–H and O–H groups in total. The summed E-state index contributed by atoms with van der Waals surface area (Å²) in [5.41, 5.74) is 1.14. The van der Waals surface area contributed by atoms with Gasteiger partial charge in [-0.05, 0) is 16.3 Å². The fraction of sp³-hybridized carbons (Fsp3) is 0.154. The lowest BCUT2D eigenvalue weighted by Gasteiger charge is -2.15. The van der Waals surface area contributed by atoms with Crippen molar-refractivity contribution >= 4 is 28.6 Å². The number of fused-ring (bicyclic) bond motifs is 1. The molecule has 2 aromatic carbocycles. The molecule has 16 heavy (non-hydrogen) atoms. The van der Waals surface area contributed by atoms with Crippen molar-refractivity contribution in [3.05, 3.63) is 48.0 Å². The first kappa shape index (κ1) is 11.0. The summed E-state index contributed by atoms with van der Waals surface area (Å²) >= 11 is 3.80. The molecule has 0 spiro atoms. The van der Waals surface area contributed by atoms with Gasteiger partial charge in [-0.25, -0.2) is 0 Å². The molecule has 3 heteroatoms. The van der Waals surface area contributed by atoms with E-state index < -0.39 is 0 Å². The van der Waals surface area contributed by atoms with Gasteiger partial charge < -0.3 is 4.90 Å². The number of benzene rings is 2. The third kappa shape index (κ3) is 2.19. The molecule has 0 saturated heterocycles. The number of thiol groups is 1. The van der Waals surface area contributed by atoms with E-state index in [1.54, 1.807) is 11.9 Å². The molecule has 1 amide bonds. The van der Waals surface area contributed by atoms with E-state index in [-0.39, 0.29) is 5.24 Å². The number of nitrogens with zero attached hydrogens (tertiary/aromatic N) is 1. The summed E-state index contributed by atoms with van der Waals surface area (Å²) in [5.74, 6) is 0. The Morgan fingerprint density at radius 2 is 1.88 bits per heavy atom. The van der Waals surface area contributed by atoms with Crippen molar-refractivity contribution in [2.24, 2.45) is 0 Å². The number of carbonyl (C=O) groups excluding carboxylic acids is 1. The largest absolute Gasteiger partial charge is 0.333 e. The molecule has 0 aliphatic rings. The zero-order chi connectivity index (χ0) is 11.5. The van der Waals surface area contributed by atoms with Crippen molar-refractivity contribution in [3.63, 3.8) is 0 Å². The molecule has 0 aliphatic carbocycles. The number of hydrogen-bond donors (Lipinski definition) is 1. The molecule has 0 saturated carbocycles. The highest BCUT2D eigenvalue weighted by Gasteiger charge is 2.06. The van der Waals surface area contributed by atoms with Gasteiger partial charge in [-0.3, -0.25) is 4.79 Å². The molecular formula is C13H13NOS. The second-order valence-corrected chi connectivity index (χ2v) is 4.16. The topological polar surface area (TPSA) is 20.3 Å². The molecule has 0 fully saturated rings. The third-order valence-electron chi connectivity index (χ3n) is 2.61. The lowest BCUT2D eigenvalue weighted by atomic mass is 10.0. The number of carbonyl (C=O) groups is 1. The first-order valence-corrected chi connectivity index (χ1v) is 5.54. The standard InChI is InChI=1S/C13H13NOS/c1-14(13(15)16)9-11-7-4-6-10-5-2-3-8-12(10)11/h2-8H,9H2,1H3,(H,15,16). The van der Waals surface area contributed by atoms with Gasteiger partial charge in [0.25, 0.3) is 5.24 Å². The lowest BCUT2D eigenvalue weighted by molar-refractivity contribution is 0.232. The van der Waals surface area contributed by atoms with Crippen LogP contribution in [0.5, 0.6) is 0 Å². The van der Waals surface area contributed by atoms with Crippen LogP contribution in [0.2, 0.25) is 0 Å². The molecular weight excluding hydrogens is 218 g/mol. The van der Waals surface area contributed by atoms with E-state index in [4.69, 9.17) is 0 Å². The van der Waals surface area contributed by atoms with E-state index in [0.717, 1.165) is 5.56 Å². The monoisotopic (exact) mass is 231 g/mol. The van der Waals surface area contributed by atoms with Crippen LogP contribution in [0.1, 0.15) is 5.56 Å². The van der Waals surface area contributed by atoms with Gasteiger partial charge in [0.1, 0.15) is 0 Å². The minimum Gasteiger partial charge on any atom is -0.333 e. The third-order valence-corrected chi connectivity index (χ3v) is 2.96. The van der Waals surface area contributed by atoms with Crippen LogP contribution >= 0.6 is 12.6 Å². The molecule has 0 unspecified atom stereocenters. The summed E-state index contributed by atoms with van der Waals surface area (Å²) < 4.78 is 0. The first-order chi connectivity index (χ1) is 7.68. The smallest absolute Gasteiger partial charge is 0.278 e. The minimum atomic E-state index is -0.215. The Bertz CT molecular complexity index is 519. The summed E-state index contributed by atoms with van der Waals surface area (Å²) in [6, 6.07) is 14.3. The van der Waals surface area contributed by atoms with Crippen LogP contribution < -0.4 is 0 Å². The fourth-order valence-electron chi connectivity index (χ4n) is 1.75. The van der Waals surface area contributed by atoms with Crippen LogP contribution in [-0.2, 0) is 6.54 Å². The highest BCUT2D eigenvalue weighted by atomic mass is 32.1. The SMILES string of the molecule is CN(Cc1cccc2ccccc12)C(=O)S. The summed E-state index contributed by atoms with van der Waals surface area (Å²) in [7, 11) is 1.75. The van der Waals surface area contributed by atoms with Crippen LogP contribution in [0.3, 0.4) is 0 Å². The fourth-order valence-corrected chi connectivity index (χ4v) is 1.82. The first-order valence-electron chi connectivity index (χ1n) is 5.09. The molecule has 0 aromatic heterocycles. The van der Waals surface area contributed by atoms with Gasteiger partial charge >= 0.3 is 0 Å². The maximum absolute atomic E-state index is 11.1. The second-order valence-electron chi connectivity index (χ2n) is 3.78. The normalized spacial score (nSPS) is 10.4. The van der Waals surface area contributed by atoms with E-state index >= 15 is 0 Å². The predicted molar refractivity (Wildman–Crippen MR) is 69.8 cm³/mol. The molecule has 0 radical (unpaired) electrons. The van der Waals surface area contributed by atoms with Crippen molar-refractivity contribution in [3.8, 4) is 0 Å².